The van der Waals surface area contributed by atoms with Crippen molar-refractivity contribution in [2.45, 2.75) is 39.3 Å². The number of hydrogen-bond acceptors (Lipinski definition) is 4. The molecule has 0 fully saturated rings. The Kier molecular flexibility index (Phi) is 5.84. The Morgan fingerprint density at radius 3 is 2.48 bits per heavy atom. The zero-order valence-electron chi connectivity index (χ0n) is 12.0. The van der Waals surface area contributed by atoms with E-state index in [4.69, 9.17) is 15.0 Å². The standard InChI is InChI=1S/C15H18Br2N2O2/c1-3-11(18)5-10-6-13(16)15(14(17)7-10)20-8-12-4-9(2)21-19-12/h4,6-7,11H,3,5,8,18H2,1-2H3. The summed E-state index contributed by atoms with van der Waals surface area (Å²) in [6, 6.07) is 6.12. The second-order valence-corrected chi connectivity index (χ2v) is 6.69. The summed E-state index contributed by atoms with van der Waals surface area (Å²) in [5.74, 6) is 1.53. The van der Waals surface area contributed by atoms with Crippen LogP contribution in [-0.4, -0.2) is 11.2 Å². The van der Waals surface area contributed by atoms with E-state index in [1.807, 2.05) is 25.1 Å². The van der Waals surface area contributed by atoms with Crippen LogP contribution < -0.4 is 10.5 Å². The summed E-state index contributed by atoms with van der Waals surface area (Å²) in [6.07, 6.45) is 1.80. The van der Waals surface area contributed by atoms with Crippen LogP contribution in [0.15, 0.2) is 31.7 Å². The number of ether oxygens (including phenoxy) is 1. The molecule has 1 atom stereocenters. The first-order valence-electron chi connectivity index (χ1n) is 6.78. The summed E-state index contributed by atoms with van der Waals surface area (Å²) in [6.45, 7) is 4.31. The molecule has 4 nitrogen and oxygen atoms in total. The number of aromatic nitrogens is 1. The van der Waals surface area contributed by atoms with E-state index < -0.39 is 0 Å². The summed E-state index contributed by atoms with van der Waals surface area (Å²) in [5, 5.41) is 3.91. The summed E-state index contributed by atoms with van der Waals surface area (Å²) >= 11 is 7.10. The predicted octanol–water partition coefficient (Wildman–Crippen LogP) is 4.37. The lowest BCUT2D eigenvalue weighted by atomic mass is 10.0. The van der Waals surface area contributed by atoms with E-state index in [1.165, 1.54) is 5.56 Å². The van der Waals surface area contributed by atoms with Gasteiger partial charge in [-0.2, -0.15) is 0 Å². The Hall–Kier alpha value is -0.850. The number of aryl methyl sites for hydroxylation is 1. The molecule has 1 aromatic carbocycles. The zero-order valence-corrected chi connectivity index (χ0v) is 15.2. The molecule has 0 saturated carbocycles. The summed E-state index contributed by atoms with van der Waals surface area (Å²) in [7, 11) is 0. The molecule has 2 rings (SSSR count). The maximum atomic E-state index is 6.00. The van der Waals surface area contributed by atoms with Crippen LogP contribution in [0.5, 0.6) is 5.75 Å². The largest absolute Gasteiger partial charge is 0.485 e. The highest BCUT2D eigenvalue weighted by atomic mass is 79.9. The van der Waals surface area contributed by atoms with Crippen LogP contribution in [0.25, 0.3) is 0 Å². The molecule has 21 heavy (non-hydrogen) atoms. The van der Waals surface area contributed by atoms with Crippen molar-refractivity contribution < 1.29 is 9.26 Å². The number of nitrogens with zero attached hydrogens (tertiary/aromatic N) is 1. The van der Waals surface area contributed by atoms with Gasteiger partial charge in [-0.1, -0.05) is 12.1 Å². The molecule has 2 N–H and O–H groups in total. The van der Waals surface area contributed by atoms with Crippen LogP contribution in [0, 0.1) is 6.92 Å². The third-order valence-corrected chi connectivity index (χ3v) is 4.30. The lowest BCUT2D eigenvalue weighted by Crippen LogP contribution is -2.21. The van der Waals surface area contributed by atoms with Crippen molar-refractivity contribution >= 4 is 31.9 Å². The number of halogens is 2. The fourth-order valence-corrected chi connectivity index (χ4v) is 3.46. The smallest absolute Gasteiger partial charge is 0.148 e. The molecule has 0 aliphatic heterocycles. The van der Waals surface area contributed by atoms with Crippen molar-refractivity contribution in [3.63, 3.8) is 0 Å². The van der Waals surface area contributed by atoms with Crippen LogP contribution in [0.4, 0.5) is 0 Å². The van der Waals surface area contributed by atoms with Gasteiger partial charge >= 0.3 is 0 Å². The fraction of sp³-hybridized carbons (Fsp3) is 0.400. The Morgan fingerprint density at radius 1 is 1.29 bits per heavy atom. The number of benzene rings is 1. The van der Waals surface area contributed by atoms with Crippen molar-refractivity contribution in [3.8, 4) is 5.75 Å². The van der Waals surface area contributed by atoms with Crippen molar-refractivity contribution in [2.24, 2.45) is 5.73 Å². The van der Waals surface area contributed by atoms with E-state index in [9.17, 15) is 0 Å². The maximum absolute atomic E-state index is 6.00. The molecule has 0 radical (unpaired) electrons. The quantitative estimate of drug-likeness (QED) is 0.757. The molecule has 0 aliphatic carbocycles. The highest BCUT2D eigenvalue weighted by Crippen LogP contribution is 2.35. The molecule has 0 amide bonds. The van der Waals surface area contributed by atoms with E-state index in [0.717, 1.165) is 39.0 Å². The number of rotatable bonds is 6. The molecule has 1 heterocycles. The number of hydrogen-bond donors (Lipinski definition) is 1. The number of nitrogens with two attached hydrogens (primary N) is 1. The molecular formula is C15H18Br2N2O2. The molecule has 0 spiro atoms. The highest BCUT2D eigenvalue weighted by molar-refractivity contribution is 9.11. The van der Waals surface area contributed by atoms with Crippen molar-refractivity contribution in [1.29, 1.82) is 0 Å². The minimum Gasteiger partial charge on any atom is -0.485 e. The van der Waals surface area contributed by atoms with Crippen LogP contribution in [-0.2, 0) is 13.0 Å². The van der Waals surface area contributed by atoms with Gasteiger partial charge in [0.25, 0.3) is 0 Å². The monoisotopic (exact) mass is 416 g/mol. The summed E-state index contributed by atoms with van der Waals surface area (Å²) < 4.78 is 12.6. The lowest BCUT2D eigenvalue weighted by Gasteiger charge is -2.13. The predicted molar refractivity (Wildman–Crippen MR) is 89.4 cm³/mol. The van der Waals surface area contributed by atoms with E-state index in [0.29, 0.717) is 6.61 Å². The van der Waals surface area contributed by atoms with Gasteiger partial charge in [0, 0.05) is 12.1 Å². The van der Waals surface area contributed by atoms with Gasteiger partial charge in [0.15, 0.2) is 0 Å². The SMILES string of the molecule is CCC(N)Cc1cc(Br)c(OCc2cc(C)on2)c(Br)c1. The van der Waals surface area contributed by atoms with E-state index in [1.54, 1.807) is 0 Å². The van der Waals surface area contributed by atoms with Gasteiger partial charge in [-0.15, -0.1) is 0 Å². The van der Waals surface area contributed by atoms with E-state index in [-0.39, 0.29) is 6.04 Å². The van der Waals surface area contributed by atoms with Crippen LogP contribution in [0.2, 0.25) is 0 Å². The molecule has 114 valence electrons. The third-order valence-electron chi connectivity index (χ3n) is 3.12. The first-order chi connectivity index (χ1) is 9.99. The minimum atomic E-state index is 0.175. The van der Waals surface area contributed by atoms with Crippen molar-refractivity contribution in [1.82, 2.24) is 5.16 Å². The first kappa shape index (κ1) is 16.5. The Labute approximate surface area is 141 Å². The normalized spacial score (nSPS) is 12.4. The average molecular weight is 418 g/mol. The molecule has 0 bridgehead atoms. The molecular weight excluding hydrogens is 400 g/mol. The maximum Gasteiger partial charge on any atom is 0.148 e. The van der Waals surface area contributed by atoms with Gasteiger partial charge < -0.3 is 15.0 Å². The average Bonchev–Trinajstić information content (AvgIpc) is 2.83. The van der Waals surface area contributed by atoms with Crippen LogP contribution >= 0.6 is 31.9 Å². The molecule has 0 aliphatic rings. The van der Waals surface area contributed by atoms with Gasteiger partial charge in [-0.05, 0) is 69.3 Å². The van der Waals surface area contributed by atoms with E-state index in [2.05, 4.69) is 43.9 Å². The first-order valence-corrected chi connectivity index (χ1v) is 8.36. The van der Waals surface area contributed by atoms with Gasteiger partial charge in [0.2, 0.25) is 0 Å². The highest BCUT2D eigenvalue weighted by Gasteiger charge is 2.12. The Bertz CT molecular complexity index is 590. The molecule has 1 aromatic heterocycles. The van der Waals surface area contributed by atoms with Gasteiger partial charge in [-0.25, -0.2) is 0 Å². The van der Waals surface area contributed by atoms with Gasteiger partial charge in [0.1, 0.15) is 23.8 Å². The minimum absolute atomic E-state index is 0.175. The molecule has 2 aromatic rings. The van der Waals surface area contributed by atoms with Crippen LogP contribution in [0.3, 0.4) is 0 Å². The Morgan fingerprint density at radius 2 is 1.95 bits per heavy atom. The third kappa shape index (κ3) is 4.56. The summed E-state index contributed by atoms with van der Waals surface area (Å²) in [4.78, 5) is 0. The molecule has 0 saturated heterocycles. The topological polar surface area (TPSA) is 61.3 Å². The molecule has 6 heteroatoms. The molecule has 1 unspecified atom stereocenters. The van der Waals surface area contributed by atoms with Crippen molar-refractivity contribution in [2.75, 3.05) is 0 Å². The second kappa shape index (κ2) is 7.42. The summed E-state index contributed by atoms with van der Waals surface area (Å²) in [5.41, 5.74) is 7.94. The van der Waals surface area contributed by atoms with Crippen LogP contribution in [0.1, 0.15) is 30.4 Å². The fourth-order valence-electron chi connectivity index (χ4n) is 1.95. The Balaban J connectivity index is 2.09. The van der Waals surface area contributed by atoms with Gasteiger partial charge in [-0.3, -0.25) is 0 Å². The van der Waals surface area contributed by atoms with Gasteiger partial charge in [0.05, 0.1) is 8.95 Å². The zero-order chi connectivity index (χ0) is 15.4. The lowest BCUT2D eigenvalue weighted by molar-refractivity contribution is 0.284. The van der Waals surface area contributed by atoms with E-state index >= 15 is 0 Å². The second-order valence-electron chi connectivity index (χ2n) is 4.98. The van der Waals surface area contributed by atoms with Crippen molar-refractivity contribution in [3.05, 3.63) is 44.2 Å².